The van der Waals surface area contributed by atoms with Gasteiger partial charge < -0.3 is 4.74 Å². The Balaban J connectivity index is 1.74. The van der Waals surface area contributed by atoms with Gasteiger partial charge in [-0.1, -0.05) is 12.1 Å². The van der Waals surface area contributed by atoms with Crippen molar-refractivity contribution in [2.24, 2.45) is 0 Å². The molecule has 0 spiro atoms. The Morgan fingerprint density at radius 2 is 1.72 bits per heavy atom. The third kappa shape index (κ3) is 3.01. The number of benzene rings is 2. The largest absolute Gasteiger partial charge is 0.440 e. The Hall–Kier alpha value is -3.07. The van der Waals surface area contributed by atoms with Crippen LogP contribution >= 0.6 is 15.9 Å². The second kappa shape index (κ2) is 6.44. The van der Waals surface area contributed by atoms with Crippen LogP contribution < -0.4 is 0 Å². The SMILES string of the molecule is O=C(OCN1C(=O)c2ccccc2C1=O)c1ccc(Br)c([N+](=O)[O-])c1. The molecule has 9 heteroatoms. The second-order valence-corrected chi connectivity index (χ2v) is 5.92. The van der Waals surface area contributed by atoms with Crippen molar-refractivity contribution in [2.45, 2.75) is 0 Å². The molecule has 1 aliphatic rings. The number of fused-ring (bicyclic) bond motifs is 1. The molecule has 0 saturated heterocycles. The van der Waals surface area contributed by atoms with E-state index in [1.807, 2.05) is 0 Å². The molecule has 0 unspecified atom stereocenters. The zero-order chi connectivity index (χ0) is 18.1. The first-order valence-corrected chi connectivity index (χ1v) is 7.75. The smallest absolute Gasteiger partial charge is 0.340 e. The highest BCUT2D eigenvalue weighted by Gasteiger charge is 2.35. The number of carbonyl (C=O) groups is 3. The van der Waals surface area contributed by atoms with Gasteiger partial charge in [-0.05, 0) is 40.2 Å². The lowest BCUT2D eigenvalue weighted by molar-refractivity contribution is -0.385. The van der Waals surface area contributed by atoms with Crippen LogP contribution in [0.3, 0.4) is 0 Å². The number of amides is 2. The third-order valence-electron chi connectivity index (χ3n) is 3.58. The van der Waals surface area contributed by atoms with E-state index in [9.17, 15) is 24.5 Å². The van der Waals surface area contributed by atoms with Gasteiger partial charge in [0.1, 0.15) is 0 Å². The van der Waals surface area contributed by atoms with Crippen molar-refractivity contribution < 1.29 is 24.0 Å². The zero-order valence-corrected chi connectivity index (χ0v) is 14.1. The maximum Gasteiger partial charge on any atom is 0.340 e. The number of nitro groups is 1. The molecule has 2 aromatic carbocycles. The molecule has 2 aromatic rings. The number of imide groups is 1. The van der Waals surface area contributed by atoms with Crippen LogP contribution in [-0.4, -0.2) is 34.3 Å². The lowest BCUT2D eigenvalue weighted by atomic mass is 10.1. The van der Waals surface area contributed by atoms with Gasteiger partial charge in [0.25, 0.3) is 17.5 Å². The summed E-state index contributed by atoms with van der Waals surface area (Å²) in [6, 6.07) is 10.00. The highest BCUT2D eigenvalue weighted by atomic mass is 79.9. The first-order valence-electron chi connectivity index (χ1n) is 6.96. The monoisotopic (exact) mass is 404 g/mol. The summed E-state index contributed by atoms with van der Waals surface area (Å²) in [5, 5.41) is 10.9. The fourth-order valence-corrected chi connectivity index (χ4v) is 2.73. The molecule has 0 aromatic heterocycles. The summed E-state index contributed by atoms with van der Waals surface area (Å²) in [6.45, 7) is -0.574. The van der Waals surface area contributed by atoms with Crippen LogP contribution in [0.25, 0.3) is 0 Å². The van der Waals surface area contributed by atoms with Gasteiger partial charge >= 0.3 is 5.97 Å². The van der Waals surface area contributed by atoms with Crippen molar-refractivity contribution in [1.82, 2.24) is 4.90 Å². The molecular formula is C16H9BrN2O6. The van der Waals surface area contributed by atoms with E-state index in [1.165, 1.54) is 24.3 Å². The Morgan fingerprint density at radius 3 is 2.28 bits per heavy atom. The molecule has 0 bridgehead atoms. The Morgan fingerprint density at radius 1 is 1.12 bits per heavy atom. The van der Waals surface area contributed by atoms with E-state index in [0.717, 1.165) is 11.0 Å². The lowest BCUT2D eigenvalue weighted by Crippen LogP contribution is -2.33. The molecule has 0 N–H and O–H groups in total. The predicted molar refractivity (Wildman–Crippen MR) is 88.0 cm³/mol. The fourth-order valence-electron chi connectivity index (χ4n) is 2.34. The van der Waals surface area contributed by atoms with Crippen molar-refractivity contribution in [1.29, 1.82) is 0 Å². The average Bonchev–Trinajstić information content (AvgIpc) is 2.84. The summed E-state index contributed by atoms with van der Waals surface area (Å²) < 4.78 is 5.18. The quantitative estimate of drug-likeness (QED) is 0.335. The maximum absolute atomic E-state index is 12.2. The number of hydrogen-bond donors (Lipinski definition) is 0. The van der Waals surface area contributed by atoms with E-state index >= 15 is 0 Å². The van der Waals surface area contributed by atoms with E-state index in [-0.39, 0.29) is 26.9 Å². The van der Waals surface area contributed by atoms with E-state index in [4.69, 9.17) is 4.74 Å². The summed E-state index contributed by atoms with van der Waals surface area (Å²) in [5.74, 6) is -2.00. The van der Waals surface area contributed by atoms with Crippen LogP contribution in [0.4, 0.5) is 5.69 Å². The van der Waals surface area contributed by atoms with E-state index in [0.29, 0.717) is 0 Å². The summed E-state index contributed by atoms with van der Waals surface area (Å²) in [7, 11) is 0. The summed E-state index contributed by atoms with van der Waals surface area (Å²) in [6.07, 6.45) is 0. The normalized spacial score (nSPS) is 12.9. The minimum atomic E-state index is -0.882. The van der Waals surface area contributed by atoms with Gasteiger partial charge in [-0.3, -0.25) is 19.7 Å². The van der Waals surface area contributed by atoms with Crippen molar-refractivity contribution >= 4 is 39.4 Å². The molecule has 0 saturated carbocycles. The van der Waals surface area contributed by atoms with Crippen LogP contribution in [0.15, 0.2) is 46.9 Å². The Kier molecular flexibility index (Phi) is 4.32. The topological polar surface area (TPSA) is 107 Å². The molecule has 0 aliphatic carbocycles. The minimum absolute atomic E-state index is 0.0634. The maximum atomic E-state index is 12.2. The number of carbonyl (C=O) groups excluding carboxylic acids is 3. The van der Waals surface area contributed by atoms with Crippen LogP contribution in [0, 0.1) is 10.1 Å². The molecule has 0 atom stereocenters. The Labute approximate surface area is 149 Å². The standard InChI is InChI=1S/C16H9BrN2O6/c17-12-6-5-9(7-13(12)19(23)24)16(22)25-8-18-14(20)10-3-1-2-4-11(10)15(18)21/h1-7H,8H2. The Bertz CT molecular complexity index is 892. The summed E-state index contributed by atoms with van der Waals surface area (Å²) in [4.78, 5) is 47.4. The number of rotatable bonds is 4. The van der Waals surface area contributed by atoms with Gasteiger partial charge in [-0.25, -0.2) is 9.69 Å². The van der Waals surface area contributed by atoms with E-state index in [1.54, 1.807) is 12.1 Å². The summed E-state index contributed by atoms with van der Waals surface area (Å²) >= 11 is 3.01. The average molecular weight is 405 g/mol. The zero-order valence-electron chi connectivity index (χ0n) is 12.5. The molecule has 1 aliphatic heterocycles. The van der Waals surface area contributed by atoms with Crippen LogP contribution in [0.1, 0.15) is 31.1 Å². The first kappa shape index (κ1) is 16.8. The second-order valence-electron chi connectivity index (χ2n) is 5.07. The van der Waals surface area contributed by atoms with Gasteiger partial charge in [0.15, 0.2) is 6.73 Å². The molecule has 2 amide bonds. The molecular weight excluding hydrogens is 396 g/mol. The van der Waals surface area contributed by atoms with Gasteiger partial charge in [0.05, 0.1) is 26.1 Å². The highest BCUT2D eigenvalue weighted by Crippen LogP contribution is 2.26. The van der Waals surface area contributed by atoms with Crippen molar-refractivity contribution in [3.8, 4) is 0 Å². The predicted octanol–water partition coefficient (Wildman–Crippen LogP) is 2.77. The van der Waals surface area contributed by atoms with Gasteiger partial charge in [-0.15, -0.1) is 0 Å². The van der Waals surface area contributed by atoms with E-state index < -0.39 is 29.4 Å². The van der Waals surface area contributed by atoms with Crippen molar-refractivity contribution in [3.63, 3.8) is 0 Å². The van der Waals surface area contributed by atoms with Crippen molar-refractivity contribution in [2.75, 3.05) is 6.73 Å². The molecule has 126 valence electrons. The minimum Gasteiger partial charge on any atom is -0.440 e. The number of hydrogen-bond acceptors (Lipinski definition) is 6. The van der Waals surface area contributed by atoms with Crippen molar-refractivity contribution in [3.05, 3.63) is 73.7 Å². The molecule has 0 radical (unpaired) electrons. The van der Waals surface area contributed by atoms with Gasteiger partial charge in [0, 0.05) is 6.07 Å². The first-order chi connectivity index (χ1) is 11.9. The number of ether oxygens (including phenoxy) is 1. The number of esters is 1. The van der Waals surface area contributed by atoms with E-state index in [2.05, 4.69) is 15.9 Å². The van der Waals surface area contributed by atoms with Crippen LogP contribution in [0.5, 0.6) is 0 Å². The van der Waals surface area contributed by atoms with Gasteiger partial charge in [0.2, 0.25) is 0 Å². The number of nitrogens with zero attached hydrogens (tertiary/aromatic N) is 2. The van der Waals surface area contributed by atoms with Crippen LogP contribution in [-0.2, 0) is 4.74 Å². The molecule has 0 fully saturated rings. The highest BCUT2D eigenvalue weighted by molar-refractivity contribution is 9.10. The number of nitro benzene ring substituents is 1. The summed E-state index contributed by atoms with van der Waals surface area (Å²) in [5.41, 5.74) is 0.118. The lowest BCUT2D eigenvalue weighted by Gasteiger charge is -2.13. The number of halogens is 1. The fraction of sp³-hybridized carbons (Fsp3) is 0.0625. The molecule has 3 rings (SSSR count). The molecule has 25 heavy (non-hydrogen) atoms. The van der Waals surface area contributed by atoms with Gasteiger partial charge in [-0.2, -0.15) is 0 Å². The third-order valence-corrected chi connectivity index (χ3v) is 4.25. The molecule has 8 nitrogen and oxygen atoms in total. The van der Waals surface area contributed by atoms with Crippen LogP contribution in [0.2, 0.25) is 0 Å². The molecule has 1 heterocycles.